The minimum atomic E-state index is -3.85. The highest BCUT2D eigenvalue weighted by molar-refractivity contribution is 8.01. The van der Waals surface area contributed by atoms with E-state index in [1.54, 1.807) is 47.4 Å². The zero-order valence-corrected chi connectivity index (χ0v) is 19.4. The number of benzene rings is 1. The van der Waals surface area contributed by atoms with Crippen LogP contribution in [-0.4, -0.2) is 23.7 Å². The van der Waals surface area contributed by atoms with Crippen molar-refractivity contribution < 1.29 is 8.42 Å². The molecule has 0 amide bonds. The summed E-state index contributed by atoms with van der Waals surface area (Å²) in [6.07, 6.45) is 3.33. The fraction of sp³-hybridized carbons (Fsp3) is 0.400. The number of thioether (sulfide) groups is 1. The number of nitrogens with zero attached hydrogens (tertiary/aromatic N) is 2. The summed E-state index contributed by atoms with van der Waals surface area (Å²) in [5.74, 6) is 0.999. The SMILES string of the molecule is CCCCCSc1sc(C)c(C)n2c(=O)nc(NS(=O)(=O)c3ccc(C)cc3)c1-2. The van der Waals surface area contributed by atoms with Gasteiger partial charge in [0.25, 0.3) is 10.0 Å². The van der Waals surface area contributed by atoms with Crippen molar-refractivity contribution in [3.05, 3.63) is 50.9 Å². The predicted molar refractivity (Wildman–Crippen MR) is 121 cm³/mol. The van der Waals surface area contributed by atoms with E-state index in [1.807, 2.05) is 20.8 Å². The van der Waals surface area contributed by atoms with Crippen molar-refractivity contribution in [2.45, 2.75) is 56.1 Å². The summed E-state index contributed by atoms with van der Waals surface area (Å²) in [6.45, 7) is 7.86. The lowest BCUT2D eigenvalue weighted by molar-refractivity contribution is 0.601. The molecule has 29 heavy (non-hydrogen) atoms. The van der Waals surface area contributed by atoms with Crippen LogP contribution in [0.1, 0.15) is 42.3 Å². The van der Waals surface area contributed by atoms with Crippen LogP contribution in [0.3, 0.4) is 0 Å². The summed E-state index contributed by atoms with van der Waals surface area (Å²) in [4.78, 5) is 17.8. The normalized spacial score (nSPS) is 11.9. The molecule has 0 fully saturated rings. The number of aryl methyl sites for hydroxylation is 2. The average molecular weight is 452 g/mol. The molecule has 6 nitrogen and oxygen atoms in total. The maximum atomic E-state index is 12.9. The molecule has 0 saturated carbocycles. The van der Waals surface area contributed by atoms with Crippen LogP contribution in [0.25, 0.3) is 5.69 Å². The summed E-state index contributed by atoms with van der Waals surface area (Å²) in [6, 6.07) is 6.58. The number of nitrogens with one attached hydrogen (secondary N) is 1. The van der Waals surface area contributed by atoms with Crippen molar-refractivity contribution in [3.8, 4) is 5.69 Å². The lowest BCUT2D eigenvalue weighted by atomic mass is 10.2. The molecule has 2 aliphatic rings. The monoisotopic (exact) mass is 451 g/mol. The van der Waals surface area contributed by atoms with E-state index in [0.717, 1.165) is 45.4 Å². The predicted octanol–water partition coefficient (Wildman–Crippen LogP) is 4.74. The highest BCUT2D eigenvalue weighted by atomic mass is 32.2. The van der Waals surface area contributed by atoms with Gasteiger partial charge in [-0.3, -0.25) is 9.29 Å². The topological polar surface area (TPSA) is 81.1 Å². The molecule has 9 heteroatoms. The minimum absolute atomic E-state index is 0.0907. The summed E-state index contributed by atoms with van der Waals surface area (Å²) in [7, 11) is -3.85. The van der Waals surface area contributed by atoms with Crippen molar-refractivity contribution in [2.24, 2.45) is 0 Å². The quantitative estimate of drug-likeness (QED) is 0.395. The van der Waals surface area contributed by atoms with E-state index in [-0.39, 0.29) is 10.7 Å². The Morgan fingerprint density at radius 2 is 1.83 bits per heavy atom. The molecule has 0 spiro atoms. The second-order valence-corrected chi connectivity index (χ2v) is 11.2. The van der Waals surface area contributed by atoms with Gasteiger partial charge in [-0.15, -0.1) is 23.1 Å². The van der Waals surface area contributed by atoms with Gasteiger partial charge < -0.3 is 0 Å². The van der Waals surface area contributed by atoms with Gasteiger partial charge in [0.2, 0.25) is 0 Å². The minimum Gasteiger partial charge on any atom is -0.261 e. The average Bonchev–Trinajstić information content (AvgIpc) is 2.98. The lowest BCUT2D eigenvalue weighted by Crippen LogP contribution is -2.17. The fourth-order valence-electron chi connectivity index (χ4n) is 2.91. The van der Waals surface area contributed by atoms with Gasteiger partial charge in [0.15, 0.2) is 5.82 Å². The molecule has 156 valence electrons. The third kappa shape index (κ3) is 4.67. The van der Waals surface area contributed by atoms with Gasteiger partial charge in [0, 0.05) is 10.6 Å². The summed E-state index contributed by atoms with van der Waals surface area (Å²) < 4.78 is 30.7. The van der Waals surface area contributed by atoms with Gasteiger partial charge in [-0.25, -0.2) is 13.2 Å². The van der Waals surface area contributed by atoms with Crippen LogP contribution in [-0.2, 0) is 10.0 Å². The molecule has 0 bridgehead atoms. The van der Waals surface area contributed by atoms with Crippen molar-refractivity contribution >= 4 is 38.9 Å². The van der Waals surface area contributed by atoms with Crippen LogP contribution in [0.5, 0.6) is 0 Å². The zero-order chi connectivity index (χ0) is 21.2. The molecule has 0 aliphatic carbocycles. The Kier molecular flexibility index (Phi) is 6.70. The molecule has 1 N–H and O–H groups in total. The first-order chi connectivity index (χ1) is 13.7. The smallest absolute Gasteiger partial charge is 0.261 e. The number of imidazole rings is 1. The number of aromatic nitrogens is 2. The number of sulfonamides is 1. The number of hydrogen-bond donors (Lipinski definition) is 1. The molecule has 0 unspecified atom stereocenters. The van der Waals surface area contributed by atoms with Crippen LogP contribution in [0.4, 0.5) is 5.82 Å². The summed E-state index contributed by atoms with van der Waals surface area (Å²) >= 11 is 3.22. The van der Waals surface area contributed by atoms with Crippen LogP contribution in [0.2, 0.25) is 0 Å². The van der Waals surface area contributed by atoms with Gasteiger partial charge in [0.1, 0.15) is 5.69 Å². The molecule has 3 rings (SSSR count). The molecule has 1 aromatic carbocycles. The first-order valence-corrected chi connectivity index (χ1v) is 12.8. The standard InChI is InChI=1S/C20H25N3O3S3/c1-5-6-7-12-27-19-17-18(21-20(24)23(17)14(3)15(4)28-19)22-29(25,26)16-10-8-13(2)9-11-16/h8-11H,5-7,12H2,1-4H3,(H,21,22,24). The van der Waals surface area contributed by atoms with Crippen molar-refractivity contribution in [3.63, 3.8) is 0 Å². The molecule has 0 saturated heterocycles. The van der Waals surface area contributed by atoms with E-state index in [9.17, 15) is 13.2 Å². The molecule has 1 aromatic rings. The van der Waals surface area contributed by atoms with Gasteiger partial charge in [0.05, 0.1) is 9.10 Å². The van der Waals surface area contributed by atoms with Gasteiger partial charge in [-0.2, -0.15) is 4.98 Å². The Labute approximate surface area is 179 Å². The molecule has 0 aromatic heterocycles. The van der Waals surface area contributed by atoms with Crippen LogP contribution in [0.15, 0.2) is 38.2 Å². The summed E-state index contributed by atoms with van der Waals surface area (Å²) in [5, 5.41) is 0. The lowest BCUT2D eigenvalue weighted by Gasteiger charge is -2.16. The van der Waals surface area contributed by atoms with Crippen LogP contribution < -0.4 is 10.4 Å². The van der Waals surface area contributed by atoms with E-state index >= 15 is 0 Å². The number of rotatable bonds is 8. The van der Waals surface area contributed by atoms with Gasteiger partial charge >= 0.3 is 5.69 Å². The number of hydrogen-bond acceptors (Lipinski definition) is 6. The number of anilines is 1. The number of fused-ring (bicyclic) bond motifs is 1. The maximum absolute atomic E-state index is 12.9. The Morgan fingerprint density at radius 1 is 1.14 bits per heavy atom. The Hall–Kier alpha value is -1.84. The van der Waals surface area contributed by atoms with E-state index in [0.29, 0.717) is 5.69 Å². The molecule has 0 radical (unpaired) electrons. The first-order valence-electron chi connectivity index (χ1n) is 9.49. The molecular weight excluding hydrogens is 426 g/mol. The van der Waals surface area contributed by atoms with Crippen molar-refractivity contribution in [1.29, 1.82) is 0 Å². The third-order valence-electron chi connectivity index (χ3n) is 4.67. The maximum Gasteiger partial charge on any atom is 0.354 e. The van der Waals surface area contributed by atoms with E-state index in [4.69, 9.17) is 0 Å². The molecule has 2 aliphatic heterocycles. The van der Waals surface area contributed by atoms with Crippen LogP contribution in [0, 0.1) is 20.8 Å². The second-order valence-electron chi connectivity index (χ2n) is 6.93. The van der Waals surface area contributed by atoms with E-state index in [2.05, 4.69) is 16.6 Å². The largest absolute Gasteiger partial charge is 0.354 e. The fourth-order valence-corrected chi connectivity index (χ4v) is 6.44. The van der Waals surface area contributed by atoms with Crippen LogP contribution >= 0.6 is 23.1 Å². The highest BCUT2D eigenvalue weighted by Gasteiger charge is 2.26. The van der Waals surface area contributed by atoms with Crippen molar-refractivity contribution in [2.75, 3.05) is 10.5 Å². The Morgan fingerprint density at radius 3 is 2.48 bits per heavy atom. The summed E-state index contributed by atoms with van der Waals surface area (Å²) in [5.41, 5.74) is 1.82. The zero-order valence-electron chi connectivity index (χ0n) is 17.0. The van der Waals surface area contributed by atoms with Gasteiger partial charge in [-0.1, -0.05) is 37.5 Å². The Balaban J connectivity index is 2.04. The highest BCUT2D eigenvalue weighted by Crippen LogP contribution is 2.38. The molecular formula is C20H25N3O3S3. The second kappa shape index (κ2) is 8.89. The van der Waals surface area contributed by atoms with E-state index in [1.165, 1.54) is 4.57 Å². The Bertz CT molecular complexity index is 1130. The van der Waals surface area contributed by atoms with E-state index < -0.39 is 15.7 Å². The third-order valence-corrected chi connectivity index (χ3v) is 8.56. The number of unbranched alkanes of at least 4 members (excludes halogenated alkanes) is 2. The van der Waals surface area contributed by atoms with Gasteiger partial charge in [-0.05, 0) is 45.1 Å². The molecule has 0 atom stereocenters. The first kappa shape index (κ1) is 21.9. The van der Waals surface area contributed by atoms with Crippen molar-refractivity contribution in [1.82, 2.24) is 9.55 Å². The molecule has 2 heterocycles.